The van der Waals surface area contributed by atoms with Gasteiger partial charge in [0.2, 0.25) is 0 Å². The number of nitrogens with zero attached hydrogens (tertiary/aromatic N) is 1. The lowest BCUT2D eigenvalue weighted by Crippen LogP contribution is -2.48. The molecular weight excluding hydrogens is 651 g/mol. The molecule has 3 rings (SSSR count). The lowest BCUT2D eigenvalue weighted by Gasteiger charge is -2.17. The maximum Gasteiger partial charge on any atom is 0.262 e. The third-order valence-corrected chi connectivity index (χ3v) is 6.25. The van der Waals surface area contributed by atoms with Gasteiger partial charge in [-0.05, 0) is 77.0 Å². The number of nitrogens with two attached hydrogens (primary N) is 1. The number of primary amides is 1. The first-order valence-corrected chi connectivity index (χ1v) is 13.6. The van der Waals surface area contributed by atoms with E-state index in [4.69, 9.17) is 31.5 Å². The highest BCUT2D eigenvalue weighted by Gasteiger charge is 2.21. The lowest BCUT2D eigenvalue weighted by molar-refractivity contribution is -0.130. The minimum absolute atomic E-state index is 0.243. The van der Waals surface area contributed by atoms with E-state index >= 15 is 0 Å². The van der Waals surface area contributed by atoms with Crippen LogP contribution in [-0.4, -0.2) is 49.8 Å². The molecule has 4 N–H and O–H groups in total. The van der Waals surface area contributed by atoms with Gasteiger partial charge in [-0.2, -0.15) is 5.10 Å². The molecule has 40 heavy (non-hydrogen) atoms. The van der Waals surface area contributed by atoms with E-state index in [9.17, 15) is 14.4 Å². The second kappa shape index (κ2) is 15.7. The Morgan fingerprint density at radius 2 is 1.75 bits per heavy atom. The molecule has 3 aromatic carbocycles. The highest BCUT2D eigenvalue weighted by atomic mass is 127. The molecule has 0 radical (unpaired) electrons. The first-order chi connectivity index (χ1) is 19.2. The summed E-state index contributed by atoms with van der Waals surface area (Å²) in [6, 6.07) is 18.4. The van der Waals surface area contributed by atoms with Crippen LogP contribution in [-0.2, 0) is 20.8 Å². The summed E-state index contributed by atoms with van der Waals surface area (Å²) in [7, 11) is 0. The molecule has 210 valence electrons. The highest BCUT2D eigenvalue weighted by Crippen LogP contribution is 2.33. The predicted octanol–water partition coefficient (Wildman–Crippen LogP) is 3.46. The highest BCUT2D eigenvalue weighted by molar-refractivity contribution is 14.1. The van der Waals surface area contributed by atoms with Crippen LogP contribution < -0.4 is 30.7 Å². The summed E-state index contributed by atoms with van der Waals surface area (Å²) in [6.45, 7) is 1.60. The van der Waals surface area contributed by atoms with Crippen LogP contribution in [0.25, 0.3) is 0 Å². The van der Waals surface area contributed by atoms with Crippen LogP contribution in [0.4, 0.5) is 0 Å². The van der Waals surface area contributed by atoms with Crippen molar-refractivity contribution >= 4 is 58.1 Å². The summed E-state index contributed by atoms with van der Waals surface area (Å²) in [4.78, 5) is 36.8. The minimum Gasteiger partial charge on any atom is -0.490 e. The van der Waals surface area contributed by atoms with Gasteiger partial charge in [-0.1, -0.05) is 41.9 Å². The molecule has 0 aliphatic heterocycles. The van der Waals surface area contributed by atoms with Crippen LogP contribution in [0.5, 0.6) is 17.2 Å². The number of hydrogen-bond acceptors (Lipinski definition) is 7. The number of carbonyl (C=O) groups is 3. The van der Waals surface area contributed by atoms with Gasteiger partial charge in [0, 0.05) is 11.4 Å². The summed E-state index contributed by atoms with van der Waals surface area (Å²) >= 11 is 7.92. The van der Waals surface area contributed by atoms with Gasteiger partial charge in [-0.15, -0.1) is 0 Å². The summed E-state index contributed by atoms with van der Waals surface area (Å²) in [5.41, 5.74) is 9.14. The maximum atomic E-state index is 13.0. The normalized spacial score (nSPS) is 11.5. The minimum atomic E-state index is -0.912. The standard InChI is InChI=1S/C28H28ClIN4O6/c1-2-38-24-14-19(12-22(30)27(24)40-16-25(31)35)15-32-34-28(37)23(13-18-6-4-3-5-7-18)33-26(36)17-39-21-10-8-20(29)9-11-21/h3-12,14-15,23H,2,13,16-17H2,1H3,(H2,31,35)(H,33,36)(H,34,37)/b32-15-/t23-/m1/s1. The first kappa shape index (κ1) is 30.7. The number of amides is 3. The van der Waals surface area contributed by atoms with Crippen LogP contribution in [0.1, 0.15) is 18.1 Å². The van der Waals surface area contributed by atoms with Crippen molar-refractivity contribution in [3.63, 3.8) is 0 Å². The van der Waals surface area contributed by atoms with E-state index in [-0.39, 0.29) is 19.6 Å². The fraction of sp³-hybridized carbons (Fsp3) is 0.214. The molecule has 1 atom stereocenters. The van der Waals surface area contributed by atoms with Gasteiger partial charge in [0.05, 0.1) is 16.4 Å². The zero-order valence-corrected chi connectivity index (χ0v) is 24.5. The molecule has 0 saturated heterocycles. The third-order valence-electron chi connectivity index (χ3n) is 5.20. The van der Waals surface area contributed by atoms with Crippen LogP contribution in [0, 0.1) is 3.57 Å². The second-order valence-corrected chi connectivity index (χ2v) is 9.90. The molecule has 0 aliphatic carbocycles. The van der Waals surface area contributed by atoms with Crippen LogP contribution in [0.15, 0.2) is 71.8 Å². The Bertz CT molecular complexity index is 1340. The van der Waals surface area contributed by atoms with Gasteiger partial charge in [-0.3, -0.25) is 14.4 Å². The van der Waals surface area contributed by atoms with Gasteiger partial charge in [0.15, 0.2) is 24.7 Å². The average Bonchev–Trinajstić information content (AvgIpc) is 2.92. The molecule has 0 unspecified atom stereocenters. The monoisotopic (exact) mass is 678 g/mol. The van der Waals surface area contributed by atoms with Crippen molar-refractivity contribution in [3.05, 3.63) is 86.4 Å². The summed E-state index contributed by atoms with van der Waals surface area (Å²) in [6.07, 6.45) is 1.68. The van der Waals surface area contributed by atoms with E-state index in [1.54, 1.807) is 36.4 Å². The molecule has 0 fully saturated rings. The smallest absolute Gasteiger partial charge is 0.262 e. The van der Waals surface area contributed by atoms with Crippen molar-refractivity contribution in [1.29, 1.82) is 0 Å². The lowest BCUT2D eigenvalue weighted by atomic mass is 10.1. The Kier molecular flexibility index (Phi) is 12.0. The predicted molar refractivity (Wildman–Crippen MR) is 160 cm³/mol. The summed E-state index contributed by atoms with van der Waals surface area (Å²) in [5.74, 6) is -0.341. The van der Waals surface area contributed by atoms with Gasteiger partial charge >= 0.3 is 0 Å². The summed E-state index contributed by atoms with van der Waals surface area (Å²) in [5, 5.41) is 7.32. The molecule has 0 aliphatic rings. The number of carbonyl (C=O) groups excluding carboxylic acids is 3. The zero-order chi connectivity index (χ0) is 28.9. The zero-order valence-electron chi connectivity index (χ0n) is 21.6. The van der Waals surface area contributed by atoms with Crippen molar-refractivity contribution < 1.29 is 28.6 Å². The number of benzene rings is 3. The van der Waals surface area contributed by atoms with E-state index in [0.717, 1.165) is 5.56 Å². The molecule has 0 bridgehead atoms. The number of ether oxygens (including phenoxy) is 3. The molecule has 3 aromatic rings. The average molecular weight is 679 g/mol. The molecule has 0 aromatic heterocycles. The molecule has 10 nitrogen and oxygen atoms in total. The topological polar surface area (TPSA) is 141 Å². The fourth-order valence-corrected chi connectivity index (χ4v) is 4.34. The Balaban J connectivity index is 1.68. The van der Waals surface area contributed by atoms with E-state index in [2.05, 4.69) is 15.8 Å². The number of hydrogen-bond donors (Lipinski definition) is 3. The van der Waals surface area contributed by atoms with Crippen LogP contribution >= 0.6 is 34.2 Å². The SMILES string of the molecule is CCOc1cc(/C=N\NC(=O)[C@@H](Cc2ccccc2)NC(=O)COc2ccc(Cl)cc2)cc(I)c1OCC(N)=O. The van der Waals surface area contributed by atoms with Crippen molar-refractivity contribution in [2.75, 3.05) is 19.8 Å². The van der Waals surface area contributed by atoms with Crippen molar-refractivity contribution in [2.45, 2.75) is 19.4 Å². The number of nitrogens with one attached hydrogen (secondary N) is 2. The fourth-order valence-electron chi connectivity index (χ4n) is 3.43. The number of rotatable bonds is 14. The maximum absolute atomic E-state index is 13.0. The van der Waals surface area contributed by atoms with Gasteiger partial charge < -0.3 is 25.3 Å². The second-order valence-electron chi connectivity index (χ2n) is 8.30. The quantitative estimate of drug-likeness (QED) is 0.136. The van der Waals surface area contributed by atoms with E-state index in [1.807, 2.05) is 59.8 Å². The van der Waals surface area contributed by atoms with E-state index in [0.29, 0.717) is 38.0 Å². The molecule has 3 amide bonds. The van der Waals surface area contributed by atoms with Crippen molar-refractivity contribution in [1.82, 2.24) is 10.7 Å². The van der Waals surface area contributed by atoms with Gasteiger partial charge in [-0.25, -0.2) is 5.43 Å². The number of hydrazone groups is 1. The van der Waals surface area contributed by atoms with Crippen molar-refractivity contribution in [3.8, 4) is 17.2 Å². The van der Waals surface area contributed by atoms with Gasteiger partial charge in [0.25, 0.3) is 17.7 Å². The summed E-state index contributed by atoms with van der Waals surface area (Å²) < 4.78 is 17.3. The van der Waals surface area contributed by atoms with Gasteiger partial charge in [0.1, 0.15) is 11.8 Å². The largest absolute Gasteiger partial charge is 0.490 e. The molecule has 0 saturated carbocycles. The number of halogens is 2. The molecule has 0 heterocycles. The Morgan fingerprint density at radius 1 is 1.02 bits per heavy atom. The third kappa shape index (κ3) is 10.0. The molecule has 12 heteroatoms. The molecule has 0 spiro atoms. The van der Waals surface area contributed by atoms with E-state index in [1.165, 1.54) is 6.21 Å². The van der Waals surface area contributed by atoms with Crippen molar-refractivity contribution in [2.24, 2.45) is 10.8 Å². The Hall–Kier alpha value is -3.84. The van der Waals surface area contributed by atoms with E-state index < -0.39 is 23.8 Å². The first-order valence-electron chi connectivity index (χ1n) is 12.2. The Labute approximate surface area is 250 Å². The van der Waals surface area contributed by atoms with Crippen LogP contribution in [0.2, 0.25) is 5.02 Å². The van der Waals surface area contributed by atoms with Crippen LogP contribution in [0.3, 0.4) is 0 Å². The Morgan fingerprint density at radius 3 is 2.42 bits per heavy atom. The molecular formula is C28H28ClIN4O6.